The monoisotopic (exact) mass is 369 g/mol. The Morgan fingerprint density at radius 3 is 1.74 bits per heavy atom. The predicted octanol–water partition coefficient (Wildman–Crippen LogP) is 2.67. The van der Waals surface area contributed by atoms with Crippen molar-refractivity contribution in [3.63, 3.8) is 0 Å². The van der Waals surface area contributed by atoms with E-state index < -0.39 is 36.4 Å². The van der Waals surface area contributed by atoms with Crippen LogP contribution in [0.25, 0.3) is 0 Å². The molecule has 0 unspecified atom stereocenters. The maximum Gasteiger partial charge on any atom is 0.379 e. The largest absolute Gasteiger partial charge is 0.379 e. The molecular weight excluding hydrogens is 352 g/mol. The van der Waals surface area contributed by atoms with Crippen molar-refractivity contribution in [1.29, 1.82) is 0 Å². The van der Waals surface area contributed by atoms with Crippen molar-refractivity contribution >= 4 is 20.9 Å². The van der Waals surface area contributed by atoms with Gasteiger partial charge < -0.3 is 23.2 Å². The van der Waals surface area contributed by atoms with E-state index in [0.717, 1.165) is 40.6 Å². The quantitative estimate of drug-likeness (QED) is 0.417. The first-order chi connectivity index (χ1) is 10.7. The average molecular weight is 369 g/mol. The van der Waals surface area contributed by atoms with Crippen LogP contribution in [0.2, 0.25) is 0 Å². The van der Waals surface area contributed by atoms with Crippen molar-refractivity contribution in [3.8, 4) is 0 Å². The van der Waals surface area contributed by atoms with Crippen LogP contribution < -0.4 is 0 Å². The van der Waals surface area contributed by atoms with Crippen molar-refractivity contribution in [2.45, 2.75) is 5.08 Å². The topological polar surface area (TPSA) is 134 Å². The summed E-state index contributed by atoms with van der Waals surface area (Å²) in [5, 5.41) is 19.2. The molecule has 0 bridgehead atoms. The third kappa shape index (κ3) is 2.99. The minimum absolute atomic E-state index is 0.580. The Hall–Kier alpha value is -1.12. The summed E-state index contributed by atoms with van der Waals surface area (Å²) in [6, 6.07) is 4.73. The van der Waals surface area contributed by atoms with Gasteiger partial charge in [-0.05, 0) is 6.07 Å². The molecular formula is C11H17NO9P2. The molecule has 0 atom stereocenters. The molecule has 23 heavy (non-hydrogen) atoms. The van der Waals surface area contributed by atoms with E-state index >= 15 is 0 Å². The van der Waals surface area contributed by atoms with Crippen LogP contribution in [0.1, 0.15) is 5.56 Å². The average Bonchev–Trinajstić information content (AvgIpc) is 2.59. The van der Waals surface area contributed by atoms with Gasteiger partial charge in [-0.25, -0.2) is 0 Å². The Bertz CT molecular complexity index is 635. The van der Waals surface area contributed by atoms with Gasteiger partial charge in [0.05, 0.1) is 10.5 Å². The molecule has 0 aromatic heterocycles. The summed E-state index contributed by atoms with van der Waals surface area (Å²) >= 11 is 0. The van der Waals surface area contributed by atoms with Gasteiger partial charge in [0.1, 0.15) is 0 Å². The lowest BCUT2D eigenvalue weighted by atomic mass is 10.2. The van der Waals surface area contributed by atoms with Crippen LogP contribution in [-0.2, 0) is 32.3 Å². The highest BCUT2D eigenvalue weighted by molar-refractivity contribution is 7.73. The third-order valence-electron chi connectivity index (χ3n) is 3.19. The summed E-state index contributed by atoms with van der Waals surface area (Å²) in [4.78, 5) is 10.4. The molecule has 12 heteroatoms. The molecule has 0 saturated carbocycles. The standard InChI is InChI=1S/C11H17NO9P2/c1-18-22(16,19-2)11(13,23(17,20-3)21-4)9-7-5-6-8-10(9)12(14)15/h5-8,13H,1-4H3. The number of nitro benzene ring substituents is 1. The van der Waals surface area contributed by atoms with Crippen LogP contribution in [0.4, 0.5) is 5.69 Å². The number of nitrogens with zero attached hydrogens (tertiary/aromatic N) is 1. The number of benzene rings is 1. The van der Waals surface area contributed by atoms with Gasteiger partial charge in [0.15, 0.2) is 0 Å². The van der Waals surface area contributed by atoms with E-state index in [2.05, 4.69) is 0 Å². The molecule has 0 fully saturated rings. The van der Waals surface area contributed by atoms with E-state index in [4.69, 9.17) is 18.1 Å². The maximum absolute atomic E-state index is 12.9. The number of hydrogen-bond acceptors (Lipinski definition) is 9. The van der Waals surface area contributed by atoms with Gasteiger partial charge in [-0.1, -0.05) is 12.1 Å². The highest BCUT2D eigenvalue weighted by atomic mass is 31.2. The maximum atomic E-state index is 12.9. The number of hydrogen-bond donors (Lipinski definition) is 1. The normalized spacial score (nSPS) is 13.1. The van der Waals surface area contributed by atoms with Crippen molar-refractivity contribution in [1.82, 2.24) is 0 Å². The van der Waals surface area contributed by atoms with Gasteiger partial charge >= 0.3 is 20.3 Å². The van der Waals surface area contributed by atoms with E-state index in [9.17, 15) is 24.4 Å². The summed E-state index contributed by atoms with van der Waals surface area (Å²) in [5.41, 5.74) is -1.23. The highest BCUT2D eigenvalue weighted by Gasteiger charge is 2.67. The van der Waals surface area contributed by atoms with Crippen LogP contribution >= 0.6 is 15.2 Å². The van der Waals surface area contributed by atoms with Crippen molar-refractivity contribution < 1.29 is 37.3 Å². The number of rotatable bonds is 8. The first-order valence-electron chi connectivity index (χ1n) is 6.07. The number of para-hydroxylation sites is 1. The third-order valence-corrected chi connectivity index (χ3v) is 8.59. The van der Waals surface area contributed by atoms with Crippen molar-refractivity contribution in [3.05, 3.63) is 39.9 Å². The van der Waals surface area contributed by atoms with Crippen LogP contribution in [0, 0.1) is 10.1 Å². The van der Waals surface area contributed by atoms with Gasteiger partial charge in [0, 0.05) is 34.5 Å². The SMILES string of the molecule is COP(=O)(OC)C(O)(c1ccccc1[N+](=O)[O-])P(=O)(OC)OC. The smallest absolute Gasteiger partial charge is 0.364 e. The Kier molecular flexibility index (Phi) is 6.23. The number of nitro groups is 1. The zero-order valence-corrected chi connectivity index (χ0v) is 14.7. The van der Waals surface area contributed by atoms with Gasteiger partial charge in [-0.3, -0.25) is 19.2 Å². The highest BCUT2D eigenvalue weighted by Crippen LogP contribution is 2.80. The molecule has 0 heterocycles. The number of aliphatic hydroxyl groups is 1. The van der Waals surface area contributed by atoms with Gasteiger partial charge in [-0.2, -0.15) is 0 Å². The molecule has 0 amide bonds. The van der Waals surface area contributed by atoms with Gasteiger partial charge in [-0.15, -0.1) is 0 Å². The molecule has 1 aromatic rings. The predicted molar refractivity (Wildman–Crippen MR) is 80.2 cm³/mol. The summed E-state index contributed by atoms with van der Waals surface area (Å²) in [5.74, 6) is 0. The second-order valence-electron chi connectivity index (χ2n) is 4.13. The van der Waals surface area contributed by atoms with E-state index in [-0.39, 0.29) is 0 Å². The van der Waals surface area contributed by atoms with Crippen LogP contribution in [0.5, 0.6) is 0 Å². The minimum atomic E-state index is -4.61. The Morgan fingerprint density at radius 1 is 1.00 bits per heavy atom. The minimum Gasteiger partial charge on any atom is -0.364 e. The lowest BCUT2D eigenvalue weighted by molar-refractivity contribution is -0.386. The Balaban J connectivity index is 3.92. The fraction of sp³-hybridized carbons (Fsp3) is 0.455. The lowest BCUT2D eigenvalue weighted by Gasteiger charge is -2.36. The molecule has 10 nitrogen and oxygen atoms in total. The first-order valence-corrected chi connectivity index (χ1v) is 9.15. The molecule has 0 aliphatic rings. The summed E-state index contributed by atoms with van der Waals surface area (Å²) in [7, 11) is -5.50. The molecule has 0 spiro atoms. The molecule has 0 aliphatic carbocycles. The second-order valence-corrected chi connectivity index (χ2v) is 9.23. The summed E-state index contributed by atoms with van der Waals surface area (Å²) in [6.45, 7) is 0. The van der Waals surface area contributed by atoms with Crippen molar-refractivity contribution in [2.24, 2.45) is 0 Å². The molecule has 0 saturated heterocycles. The van der Waals surface area contributed by atoms with Gasteiger partial charge in [0.2, 0.25) is 0 Å². The fourth-order valence-corrected chi connectivity index (χ4v) is 6.48. The van der Waals surface area contributed by atoms with Gasteiger partial charge in [0.25, 0.3) is 5.69 Å². The second kappa shape index (κ2) is 7.19. The zero-order valence-electron chi connectivity index (χ0n) is 12.9. The van der Waals surface area contributed by atoms with E-state index in [1.807, 2.05) is 0 Å². The molecule has 1 N–H and O–H groups in total. The van der Waals surface area contributed by atoms with E-state index in [1.165, 1.54) is 12.1 Å². The molecule has 130 valence electrons. The Morgan fingerprint density at radius 2 is 1.39 bits per heavy atom. The fourth-order valence-electron chi connectivity index (χ4n) is 2.02. The molecule has 1 rings (SSSR count). The van der Waals surface area contributed by atoms with Crippen molar-refractivity contribution in [2.75, 3.05) is 28.4 Å². The van der Waals surface area contributed by atoms with E-state index in [1.54, 1.807) is 0 Å². The molecule has 1 aromatic carbocycles. The zero-order chi connectivity index (χ0) is 17.9. The van der Waals surface area contributed by atoms with Crippen LogP contribution in [-0.4, -0.2) is 38.5 Å². The Labute approximate surface area is 132 Å². The van der Waals surface area contributed by atoms with Crippen LogP contribution in [0.15, 0.2) is 24.3 Å². The lowest BCUT2D eigenvalue weighted by Crippen LogP contribution is -2.30. The first kappa shape index (κ1) is 19.9. The van der Waals surface area contributed by atoms with Crippen LogP contribution in [0.3, 0.4) is 0 Å². The summed E-state index contributed by atoms with van der Waals surface area (Å²) in [6.07, 6.45) is 0. The molecule has 0 radical (unpaired) electrons. The summed E-state index contributed by atoms with van der Waals surface area (Å²) < 4.78 is 44.6. The molecule has 0 aliphatic heterocycles. The van der Waals surface area contributed by atoms with E-state index in [0.29, 0.717) is 0 Å².